The molecule has 1 aromatic rings. The lowest BCUT2D eigenvalue weighted by molar-refractivity contribution is -0.384. The lowest BCUT2D eigenvalue weighted by Gasteiger charge is -2.30. The first-order valence-corrected chi connectivity index (χ1v) is 11.0. The number of rotatable bonds is 8. The van der Waals surface area contributed by atoms with E-state index < -0.39 is 28.9 Å². The van der Waals surface area contributed by atoms with Gasteiger partial charge >= 0.3 is 11.9 Å². The topological polar surface area (TPSA) is 125 Å². The highest BCUT2D eigenvalue weighted by Gasteiger charge is 2.38. The number of nitro benzene ring substituents is 1. The van der Waals surface area contributed by atoms with Crippen LogP contribution in [0.4, 0.5) is 5.69 Å². The van der Waals surface area contributed by atoms with Crippen LogP contribution in [0.1, 0.15) is 46.1 Å². The molecule has 0 amide bonds. The Hall–Kier alpha value is -3.14. The van der Waals surface area contributed by atoms with E-state index in [0.717, 1.165) is 11.8 Å². The van der Waals surface area contributed by atoms with Crippen molar-refractivity contribution >= 4 is 34.5 Å². The van der Waals surface area contributed by atoms with Crippen LogP contribution in [-0.4, -0.2) is 40.4 Å². The average molecular weight is 463 g/mol. The molecule has 0 spiro atoms. The van der Waals surface area contributed by atoms with E-state index in [4.69, 9.17) is 9.47 Å². The van der Waals surface area contributed by atoms with Crippen LogP contribution < -0.4 is 5.32 Å². The van der Waals surface area contributed by atoms with E-state index >= 15 is 0 Å². The molecule has 1 aliphatic rings. The van der Waals surface area contributed by atoms with E-state index in [1.54, 1.807) is 33.8 Å². The summed E-state index contributed by atoms with van der Waals surface area (Å²) in [5.74, 6) is -1.95. The van der Waals surface area contributed by atoms with E-state index in [9.17, 15) is 24.5 Å². The Labute approximate surface area is 190 Å². The molecule has 10 heteroatoms. The molecule has 0 bridgehead atoms. The Morgan fingerprint density at radius 1 is 1.16 bits per heavy atom. The summed E-state index contributed by atoms with van der Waals surface area (Å²) in [4.78, 5) is 47.9. The van der Waals surface area contributed by atoms with Gasteiger partial charge in [-0.25, -0.2) is 9.59 Å². The van der Waals surface area contributed by atoms with Gasteiger partial charge in [-0.05, 0) is 33.3 Å². The summed E-state index contributed by atoms with van der Waals surface area (Å²) in [6.45, 7) is 8.17. The summed E-state index contributed by atoms with van der Waals surface area (Å²) in [5, 5.41) is 14.3. The maximum atomic E-state index is 13.0. The fourth-order valence-corrected chi connectivity index (χ4v) is 3.82. The van der Waals surface area contributed by atoms with Crippen molar-refractivity contribution in [3.8, 4) is 0 Å². The van der Waals surface area contributed by atoms with Crippen molar-refractivity contribution in [1.82, 2.24) is 5.32 Å². The largest absolute Gasteiger partial charge is 0.461 e. The molecular formula is C22H26N2O7S. The second-order valence-electron chi connectivity index (χ2n) is 7.42. The number of hydrogen-bond acceptors (Lipinski definition) is 9. The van der Waals surface area contributed by atoms with Gasteiger partial charge in [0.05, 0.1) is 28.1 Å². The highest BCUT2D eigenvalue weighted by atomic mass is 32.2. The highest BCUT2D eigenvalue weighted by molar-refractivity contribution is 8.13. The number of ether oxygens (including phenoxy) is 2. The van der Waals surface area contributed by atoms with E-state index in [1.165, 1.54) is 25.1 Å². The lowest BCUT2D eigenvalue weighted by atomic mass is 9.80. The highest BCUT2D eigenvalue weighted by Crippen LogP contribution is 2.40. The van der Waals surface area contributed by atoms with Crippen molar-refractivity contribution in [2.75, 3.05) is 12.4 Å². The monoisotopic (exact) mass is 462 g/mol. The zero-order chi connectivity index (χ0) is 24.0. The van der Waals surface area contributed by atoms with Crippen molar-refractivity contribution in [2.45, 2.75) is 46.6 Å². The Kier molecular flexibility index (Phi) is 8.59. The maximum absolute atomic E-state index is 13.0. The van der Waals surface area contributed by atoms with Crippen molar-refractivity contribution in [3.05, 3.63) is 62.5 Å². The molecule has 1 atom stereocenters. The number of esters is 2. The third kappa shape index (κ3) is 6.19. The molecule has 172 valence electrons. The van der Waals surface area contributed by atoms with Crippen LogP contribution in [0.2, 0.25) is 0 Å². The Morgan fingerprint density at radius 2 is 1.78 bits per heavy atom. The number of hydrogen-bond donors (Lipinski definition) is 1. The Bertz CT molecular complexity index is 998. The first kappa shape index (κ1) is 25.1. The molecule has 1 aromatic carbocycles. The summed E-state index contributed by atoms with van der Waals surface area (Å²) >= 11 is 1.03. The molecule has 1 unspecified atom stereocenters. The molecule has 32 heavy (non-hydrogen) atoms. The molecule has 0 aliphatic carbocycles. The van der Waals surface area contributed by atoms with Crippen molar-refractivity contribution < 1.29 is 28.8 Å². The number of nitro groups is 1. The predicted octanol–water partition coefficient (Wildman–Crippen LogP) is 3.60. The minimum Gasteiger partial charge on any atom is -0.461 e. The van der Waals surface area contributed by atoms with E-state index in [1.807, 2.05) is 0 Å². The van der Waals surface area contributed by atoms with Gasteiger partial charge in [-0.1, -0.05) is 23.9 Å². The van der Waals surface area contributed by atoms with Gasteiger partial charge in [-0.3, -0.25) is 14.9 Å². The van der Waals surface area contributed by atoms with Crippen LogP contribution in [-0.2, 0) is 23.9 Å². The summed E-state index contributed by atoms with van der Waals surface area (Å²) in [5.41, 5.74) is 1.49. The third-order valence-electron chi connectivity index (χ3n) is 4.58. The van der Waals surface area contributed by atoms with Crippen molar-refractivity contribution in [3.63, 3.8) is 0 Å². The van der Waals surface area contributed by atoms with Crippen LogP contribution in [0.15, 0.2) is 46.8 Å². The molecular weight excluding hydrogens is 436 g/mol. The molecule has 0 fully saturated rings. The normalized spacial score (nSPS) is 16.0. The number of thioether (sulfide) groups is 1. The Balaban J connectivity index is 2.52. The molecule has 0 radical (unpaired) electrons. The number of carbonyl (C=O) groups is 3. The number of allylic oxidation sites excluding steroid dienone is 2. The number of non-ortho nitro benzene ring substituents is 1. The van der Waals surface area contributed by atoms with Crippen molar-refractivity contribution in [2.24, 2.45) is 0 Å². The van der Waals surface area contributed by atoms with Gasteiger partial charge in [-0.15, -0.1) is 0 Å². The molecule has 2 rings (SSSR count). The average Bonchev–Trinajstić information content (AvgIpc) is 2.69. The first-order chi connectivity index (χ1) is 15.0. The first-order valence-electron chi connectivity index (χ1n) is 9.97. The number of dihydropyridines is 1. The predicted molar refractivity (Wildman–Crippen MR) is 120 cm³/mol. The summed E-state index contributed by atoms with van der Waals surface area (Å²) in [6.07, 6.45) is -0.403. The number of nitrogens with zero attached hydrogens (tertiary/aromatic N) is 1. The minimum atomic E-state index is -0.921. The van der Waals surface area contributed by atoms with Crippen LogP contribution >= 0.6 is 11.8 Å². The van der Waals surface area contributed by atoms with Crippen LogP contribution in [0.3, 0.4) is 0 Å². The summed E-state index contributed by atoms with van der Waals surface area (Å²) in [6, 6.07) is 5.78. The standard InChI is InChI=1S/C22H26N2O7S/c1-12(2)31-22(27)19-14(4)23-13(3)18(21(26)30-9-10-32-15(5)25)20(19)16-7-6-8-17(11-16)24(28)29/h6-8,11-12,20,23H,9-10H2,1-5H3. The lowest BCUT2D eigenvalue weighted by Crippen LogP contribution is -2.33. The second-order valence-corrected chi connectivity index (χ2v) is 8.69. The van der Waals surface area contributed by atoms with Gasteiger partial charge in [-0.2, -0.15) is 0 Å². The van der Waals surface area contributed by atoms with Gasteiger partial charge in [0, 0.05) is 36.2 Å². The summed E-state index contributed by atoms with van der Waals surface area (Å²) < 4.78 is 10.7. The van der Waals surface area contributed by atoms with Gasteiger partial charge in [0.25, 0.3) is 5.69 Å². The Morgan fingerprint density at radius 3 is 2.34 bits per heavy atom. The minimum absolute atomic E-state index is 0.00398. The zero-order valence-electron chi connectivity index (χ0n) is 18.6. The molecule has 0 saturated carbocycles. The van der Waals surface area contributed by atoms with E-state index in [-0.39, 0.29) is 28.6 Å². The SMILES string of the molecule is CC(=O)SCCOC(=O)C1=C(C)NC(C)=C(C(=O)OC(C)C)C1c1cccc([N+](=O)[O-])c1. The van der Waals surface area contributed by atoms with Gasteiger partial charge in [0.2, 0.25) is 0 Å². The molecule has 0 aromatic heterocycles. The van der Waals surface area contributed by atoms with Gasteiger partial charge < -0.3 is 14.8 Å². The fraction of sp³-hybridized carbons (Fsp3) is 0.409. The smallest absolute Gasteiger partial charge is 0.337 e. The summed E-state index contributed by atoms with van der Waals surface area (Å²) in [7, 11) is 0. The zero-order valence-corrected chi connectivity index (χ0v) is 19.4. The van der Waals surface area contributed by atoms with Gasteiger partial charge in [0.15, 0.2) is 5.12 Å². The van der Waals surface area contributed by atoms with Crippen LogP contribution in [0.25, 0.3) is 0 Å². The molecule has 1 aliphatic heterocycles. The van der Waals surface area contributed by atoms with Crippen LogP contribution in [0, 0.1) is 10.1 Å². The molecule has 0 saturated heterocycles. The van der Waals surface area contributed by atoms with E-state index in [2.05, 4.69) is 5.32 Å². The second kappa shape index (κ2) is 10.9. The van der Waals surface area contributed by atoms with Gasteiger partial charge in [0.1, 0.15) is 6.61 Å². The molecule has 1 heterocycles. The third-order valence-corrected chi connectivity index (χ3v) is 5.36. The maximum Gasteiger partial charge on any atom is 0.337 e. The van der Waals surface area contributed by atoms with E-state index in [0.29, 0.717) is 22.7 Å². The quantitative estimate of drug-likeness (QED) is 0.267. The fourth-order valence-electron chi connectivity index (χ4n) is 3.36. The van der Waals surface area contributed by atoms with Crippen molar-refractivity contribution in [1.29, 1.82) is 0 Å². The molecule has 1 N–H and O–H groups in total. The number of nitrogens with one attached hydrogen (secondary N) is 1. The number of carbonyl (C=O) groups excluding carboxylic acids is 3. The van der Waals surface area contributed by atoms with Crippen LogP contribution in [0.5, 0.6) is 0 Å². The number of benzene rings is 1. The molecule has 9 nitrogen and oxygen atoms in total.